The molecule has 0 aliphatic heterocycles. The lowest BCUT2D eigenvalue weighted by Gasteiger charge is -2.24. The molecular weight excluding hydrogens is 312 g/mol. The van der Waals surface area contributed by atoms with Crippen LogP contribution in [0.15, 0.2) is 0 Å². The van der Waals surface area contributed by atoms with Gasteiger partial charge >= 0.3 is 12.3 Å². The first kappa shape index (κ1) is 24.8. The van der Waals surface area contributed by atoms with Gasteiger partial charge in [-0.3, -0.25) is 0 Å². The van der Waals surface area contributed by atoms with Crippen LogP contribution in [0.4, 0.5) is 9.59 Å². The molecule has 24 heavy (non-hydrogen) atoms. The number of hydrogen-bond donors (Lipinski definition) is 0. The third-order valence-corrected chi connectivity index (χ3v) is 1.56. The maximum Gasteiger partial charge on any atom is 0.509 e. The Balaban J connectivity index is 0. The summed E-state index contributed by atoms with van der Waals surface area (Å²) in [5.74, 6) is 0. The molecule has 0 atom stereocenters. The Morgan fingerprint density at radius 2 is 0.542 bits per heavy atom. The zero-order valence-electron chi connectivity index (χ0n) is 17.4. The Hall–Kier alpha value is -1.46. The number of carbonyl (C=O) groups is 2. The first-order valence-corrected chi connectivity index (χ1v) is 8.04. The van der Waals surface area contributed by atoms with Crippen molar-refractivity contribution in [3.63, 3.8) is 0 Å². The minimum atomic E-state index is -0.616. The second kappa shape index (κ2) is 8.58. The fourth-order valence-electron chi connectivity index (χ4n) is 1.04. The van der Waals surface area contributed by atoms with Crippen LogP contribution in [0.1, 0.15) is 83.1 Å². The van der Waals surface area contributed by atoms with Crippen molar-refractivity contribution >= 4 is 12.3 Å². The minimum absolute atomic E-state index is 0.484. The predicted molar refractivity (Wildman–Crippen MR) is 94.1 cm³/mol. The van der Waals surface area contributed by atoms with Crippen molar-refractivity contribution in [2.75, 3.05) is 0 Å². The van der Waals surface area contributed by atoms with Crippen LogP contribution in [0.2, 0.25) is 0 Å². The smallest absolute Gasteiger partial charge is 0.429 e. The lowest BCUT2D eigenvalue weighted by molar-refractivity contribution is -0.0483. The molecule has 0 aromatic rings. The Labute approximate surface area is 147 Å². The molecular formula is C18H36O6. The van der Waals surface area contributed by atoms with Crippen molar-refractivity contribution in [1.82, 2.24) is 0 Å². The third-order valence-electron chi connectivity index (χ3n) is 1.56. The molecule has 0 amide bonds. The van der Waals surface area contributed by atoms with Crippen LogP contribution >= 0.6 is 0 Å². The fraction of sp³-hybridized carbons (Fsp3) is 0.889. The van der Waals surface area contributed by atoms with Crippen LogP contribution in [0.5, 0.6) is 0 Å². The monoisotopic (exact) mass is 348 g/mol. The summed E-state index contributed by atoms with van der Waals surface area (Å²) >= 11 is 0. The molecule has 0 radical (unpaired) electrons. The summed E-state index contributed by atoms with van der Waals surface area (Å²) in [4.78, 5) is 22.1. The quantitative estimate of drug-likeness (QED) is 0.540. The Morgan fingerprint density at radius 3 is 0.625 bits per heavy atom. The van der Waals surface area contributed by atoms with Crippen LogP contribution in [-0.4, -0.2) is 34.7 Å². The van der Waals surface area contributed by atoms with E-state index in [0.717, 1.165) is 0 Å². The van der Waals surface area contributed by atoms with Crippen molar-refractivity contribution in [3.8, 4) is 0 Å². The number of rotatable bonds is 0. The van der Waals surface area contributed by atoms with Gasteiger partial charge in [0.15, 0.2) is 0 Å². The molecule has 0 bridgehead atoms. The fourth-order valence-corrected chi connectivity index (χ4v) is 1.04. The molecule has 0 unspecified atom stereocenters. The summed E-state index contributed by atoms with van der Waals surface area (Å²) in [6.45, 7) is 21.6. The first-order valence-electron chi connectivity index (χ1n) is 8.04. The Bertz CT molecular complexity index is 323. The molecule has 0 heterocycles. The van der Waals surface area contributed by atoms with Crippen LogP contribution < -0.4 is 0 Å². The standard InChI is InChI=1S/2C9H18O3/c2*1-8(2,3)11-7(10)12-9(4,5)6/h2*1-6H3. The summed E-state index contributed by atoms with van der Waals surface area (Å²) in [6.07, 6.45) is -1.23. The van der Waals surface area contributed by atoms with Crippen LogP contribution in [0, 0.1) is 0 Å². The van der Waals surface area contributed by atoms with Gasteiger partial charge in [-0.2, -0.15) is 0 Å². The minimum Gasteiger partial charge on any atom is -0.429 e. The van der Waals surface area contributed by atoms with Gasteiger partial charge in [-0.1, -0.05) is 0 Å². The van der Waals surface area contributed by atoms with E-state index in [4.69, 9.17) is 18.9 Å². The molecule has 0 aromatic carbocycles. The van der Waals surface area contributed by atoms with Crippen molar-refractivity contribution in [3.05, 3.63) is 0 Å². The average Bonchev–Trinajstić information content (AvgIpc) is 2.02. The van der Waals surface area contributed by atoms with Gasteiger partial charge in [-0.15, -0.1) is 0 Å². The highest BCUT2D eigenvalue weighted by molar-refractivity contribution is 5.61. The zero-order valence-corrected chi connectivity index (χ0v) is 17.4. The molecule has 0 aromatic heterocycles. The van der Waals surface area contributed by atoms with Crippen molar-refractivity contribution in [2.24, 2.45) is 0 Å². The summed E-state index contributed by atoms with van der Waals surface area (Å²) in [5, 5.41) is 0. The van der Waals surface area contributed by atoms with E-state index >= 15 is 0 Å². The van der Waals surface area contributed by atoms with Gasteiger partial charge in [-0.25, -0.2) is 9.59 Å². The van der Waals surface area contributed by atoms with Gasteiger partial charge in [-0.05, 0) is 83.1 Å². The van der Waals surface area contributed by atoms with E-state index in [1.807, 2.05) is 0 Å². The van der Waals surface area contributed by atoms with E-state index in [1.54, 1.807) is 83.1 Å². The molecule has 6 nitrogen and oxygen atoms in total. The molecule has 0 spiro atoms. The maximum atomic E-state index is 11.0. The zero-order chi connectivity index (χ0) is 20.0. The van der Waals surface area contributed by atoms with Crippen LogP contribution in [0.25, 0.3) is 0 Å². The highest BCUT2D eigenvalue weighted by Gasteiger charge is 2.23. The van der Waals surface area contributed by atoms with Gasteiger partial charge in [0, 0.05) is 0 Å². The van der Waals surface area contributed by atoms with Crippen LogP contribution in [0.3, 0.4) is 0 Å². The van der Waals surface area contributed by atoms with Gasteiger partial charge in [0.1, 0.15) is 22.4 Å². The van der Waals surface area contributed by atoms with E-state index in [-0.39, 0.29) is 0 Å². The molecule has 0 N–H and O–H groups in total. The molecule has 0 rings (SSSR count). The molecule has 6 heteroatoms. The lowest BCUT2D eigenvalue weighted by Crippen LogP contribution is -2.30. The molecule has 0 saturated carbocycles. The maximum absolute atomic E-state index is 11.0. The largest absolute Gasteiger partial charge is 0.509 e. The van der Waals surface area contributed by atoms with Crippen molar-refractivity contribution in [2.45, 2.75) is 105 Å². The summed E-state index contributed by atoms with van der Waals surface area (Å²) in [5.41, 5.74) is -1.94. The molecule has 0 aliphatic carbocycles. The summed E-state index contributed by atoms with van der Waals surface area (Å²) in [7, 11) is 0. The van der Waals surface area contributed by atoms with E-state index in [2.05, 4.69) is 0 Å². The topological polar surface area (TPSA) is 71.1 Å². The van der Waals surface area contributed by atoms with Gasteiger partial charge in [0.25, 0.3) is 0 Å². The average molecular weight is 348 g/mol. The summed E-state index contributed by atoms with van der Waals surface area (Å²) in [6, 6.07) is 0. The second-order valence-electron chi connectivity index (χ2n) is 9.36. The number of ether oxygens (including phenoxy) is 4. The summed E-state index contributed by atoms with van der Waals surface area (Å²) < 4.78 is 19.8. The van der Waals surface area contributed by atoms with Gasteiger partial charge in [0.2, 0.25) is 0 Å². The predicted octanol–water partition coefficient (Wildman–Crippen LogP) is 5.47. The van der Waals surface area contributed by atoms with E-state index in [1.165, 1.54) is 0 Å². The van der Waals surface area contributed by atoms with Gasteiger partial charge in [0.05, 0.1) is 0 Å². The van der Waals surface area contributed by atoms with Crippen LogP contribution in [-0.2, 0) is 18.9 Å². The number of carbonyl (C=O) groups excluding carboxylic acids is 2. The highest BCUT2D eigenvalue weighted by Crippen LogP contribution is 2.14. The Kier molecular flexibility index (Phi) is 8.86. The number of hydrogen-bond acceptors (Lipinski definition) is 6. The first-order chi connectivity index (χ1) is 10.2. The van der Waals surface area contributed by atoms with Crippen molar-refractivity contribution < 1.29 is 28.5 Å². The normalized spacial score (nSPS) is 12.5. The van der Waals surface area contributed by atoms with Crippen molar-refractivity contribution in [1.29, 1.82) is 0 Å². The van der Waals surface area contributed by atoms with Gasteiger partial charge < -0.3 is 18.9 Å². The molecule has 0 aliphatic rings. The third kappa shape index (κ3) is 22.8. The van der Waals surface area contributed by atoms with E-state index in [9.17, 15) is 9.59 Å². The molecule has 144 valence electrons. The lowest BCUT2D eigenvalue weighted by atomic mass is 10.2. The van der Waals surface area contributed by atoms with E-state index in [0.29, 0.717) is 0 Å². The molecule has 0 fully saturated rings. The SMILES string of the molecule is CC(C)(C)OC(=O)OC(C)(C)C.CC(C)(C)OC(=O)OC(C)(C)C. The second-order valence-corrected chi connectivity index (χ2v) is 9.36. The molecule has 0 saturated heterocycles. The Morgan fingerprint density at radius 1 is 0.417 bits per heavy atom. The van der Waals surface area contributed by atoms with E-state index < -0.39 is 34.7 Å². The highest BCUT2D eigenvalue weighted by atomic mass is 16.7.